The molecule has 1 aliphatic carbocycles. The molecule has 0 radical (unpaired) electrons. The first-order valence-corrected chi connectivity index (χ1v) is 6.88. The van der Waals surface area contributed by atoms with Crippen LogP contribution in [0.1, 0.15) is 51.9 Å². The summed E-state index contributed by atoms with van der Waals surface area (Å²) < 4.78 is 0. The van der Waals surface area contributed by atoms with Gasteiger partial charge in [-0.25, -0.2) is 0 Å². The summed E-state index contributed by atoms with van der Waals surface area (Å²) in [5.74, 6) is 1.41. The van der Waals surface area contributed by atoms with Gasteiger partial charge in [-0.2, -0.15) is 0 Å². The summed E-state index contributed by atoms with van der Waals surface area (Å²) in [6, 6.07) is 0. The van der Waals surface area contributed by atoms with E-state index in [1.54, 1.807) is 0 Å². The topological polar surface area (TPSA) is 17.1 Å². The van der Waals surface area contributed by atoms with Crippen molar-refractivity contribution >= 4 is 17.5 Å². The number of ketones is 1. The molecule has 1 nitrogen and oxygen atoms in total. The molecule has 2 heteroatoms. The Bertz CT molecular complexity index is 208. The fourth-order valence-electron chi connectivity index (χ4n) is 2.74. The third kappa shape index (κ3) is 2.53. The molecule has 2 aliphatic rings. The van der Waals surface area contributed by atoms with Crippen molar-refractivity contribution in [1.29, 1.82) is 0 Å². The highest BCUT2D eigenvalue weighted by molar-refractivity contribution is 8.01. The van der Waals surface area contributed by atoms with E-state index >= 15 is 0 Å². The Morgan fingerprint density at radius 1 is 1.29 bits per heavy atom. The van der Waals surface area contributed by atoms with Gasteiger partial charge in [0.25, 0.3) is 0 Å². The first kappa shape index (κ1) is 10.5. The van der Waals surface area contributed by atoms with E-state index in [0.717, 1.165) is 12.3 Å². The third-order valence-corrected chi connectivity index (χ3v) is 5.01. The van der Waals surface area contributed by atoms with E-state index in [0.29, 0.717) is 11.0 Å². The molecule has 0 aromatic carbocycles. The average molecular weight is 212 g/mol. The van der Waals surface area contributed by atoms with E-state index in [9.17, 15) is 4.79 Å². The fourth-order valence-corrected chi connectivity index (χ4v) is 4.21. The van der Waals surface area contributed by atoms with Crippen molar-refractivity contribution in [3.8, 4) is 0 Å². The smallest absolute Gasteiger partial charge is 0.146 e. The first-order chi connectivity index (χ1) is 6.75. The average Bonchev–Trinajstić information content (AvgIpc) is 2.47. The molecular weight excluding hydrogens is 192 g/mol. The number of Topliss-reactive ketones (excluding diaryl/α,β-unsaturated/α-hetero) is 1. The molecule has 0 amide bonds. The minimum absolute atomic E-state index is 0.281. The lowest BCUT2D eigenvalue weighted by molar-refractivity contribution is -0.117. The Morgan fingerprint density at radius 2 is 2.00 bits per heavy atom. The molecule has 80 valence electrons. The predicted octanol–water partition coefficient (Wildman–Crippen LogP) is 3.42. The number of carbonyl (C=O) groups excluding carboxylic acids is 1. The van der Waals surface area contributed by atoms with Crippen molar-refractivity contribution in [2.45, 2.75) is 62.4 Å². The van der Waals surface area contributed by atoms with Gasteiger partial charge in [-0.15, -0.1) is 11.8 Å². The highest BCUT2D eigenvalue weighted by Crippen LogP contribution is 2.38. The maximum atomic E-state index is 11.4. The summed E-state index contributed by atoms with van der Waals surface area (Å²) in [4.78, 5) is 11.4. The normalized spacial score (nSPS) is 35.1. The summed E-state index contributed by atoms with van der Waals surface area (Å²) in [5.41, 5.74) is 0. The van der Waals surface area contributed by atoms with Crippen LogP contribution in [0.15, 0.2) is 0 Å². The second-order valence-electron chi connectivity index (χ2n) is 4.81. The number of hydrogen-bond donors (Lipinski definition) is 0. The highest BCUT2D eigenvalue weighted by Gasteiger charge is 2.31. The molecule has 2 rings (SSSR count). The van der Waals surface area contributed by atoms with Crippen molar-refractivity contribution in [2.75, 3.05) is 0 Å². The lowest BCUT2D eigenvalue weighted by Crippen LogP contribution is -2.12. The van der Waals surface area contributed by atoms with Gasteiger partial charge in [-0.1, -0.05) is 32.1 Å². The molecule has 2 unspecified atom stereocenters. The first-order valence-electron chi connectivity index (χ1n) is 5.94. The van der Waals surface area contributed by atoms with Crippen LogP contribution in [0.2, 0.25) is 0 Å². The van der Waals surface area contributed by atoms with E-state index in [4.69, 9.17) is 0 Å². The molecule has 1 saturated carbocycles. The Morgan fingerprint density at radius 3 is 2.57 bits per heavy atom. The largest absolute Gasteiger partial charge is 0.298 e. The molecule has 0 bridgehead atoms. The number of carbonyl (C=O) groups is 1. The zero-order valence-electron chi connectivity index (χ0n) is 9.00. The zero-order valence-corrected chi connectivity index (χ0v) is 9.81. The van der Waals surface area contributed by atoms with Crippen LogP contribution in [0.4, 0.5) is 0 Å². The monoisotopic (exact) mass is 212 g/mol. The van der Waals surface area contributed by atoms with Gasteiger partial charge in [0.05, 0.1) is 5.25 Å². The SMILES string of the molecule is CC1SC(CC2CCCCC2)CC1=O. The van der Waals surface area contributed by atoms with Gasteiger partial charge in [0.2, 0.25) is 0 Å². The van der Waals surface area contributed by atoms with Gasteiger partial charge in [0, 0.05) is 11.7 Å². The van der Waals surface area contributed by atoms with E-state index in [-0.39, 0.29) is 5.25 Å². The fraction of sp³-hybridized carbons (Fsp3) is 0.917. The molecule has 0 aromatic heterocycles. The number of hydrogen-bond acceptors (Lipinski definition) is 2. The van der Waals surface area contributed by atoms with Crippen molar-refractivity contribution < 1.29 is 4.79 Å². The summed E-state index contributed by atoms with van der Waals surface area (Å²) in [6.07, 6.45) is 9.27. The lowest BCUT2D eigenvalue weighted by atomic mass is 9.85. The van der Waals surface area contributed by atoms with Gasteiger partial charge < -0.3 is 0 Å². The molecule has 0 aromatic rings. The highest BCUT2D eigenvalue weighted by atomic mass is 32.2. The van der Waals surface area contributed by atoms with Gasteiger partial charge in [-0.3, -0.25) is 4.79 Å². The Labute approximate surface area is 91.0 Å². The van der Waals surface area contributed by atoms with Crippen LogP contribution in [0.3, 0.4) is 0 Å². The Balaban J connectivity index is 1.77. The quantitative estimate of drug-likeness (QED) is 0.697. The second kappa shape index (κ2) is 4.69. The van der Waals surface area contributed by atoms with Gasteiger partial charge in [0.15, 0.2) is 0 Å². The van der Waals surface area contributed by atoms with E-state index in [1.807, 2.05) is 11.8 Å². The van der Waals surface area contributed by atoms with E-state index < -0.39 is 0 Å². The standard InChI is InChI=1S/C12H20OS/c1-9-12(13)8-11(14-9)7-10-5-3-2-4-6-10/h9-11H,2-8H2,1H3. The third-order valence-electron chi connectivity index (χ3n) is 3.60. The number of rotatable bonds is 2. The second-order valence-corrected chi connectivity index (χ2v) is 6.46. The van der Waals surface area contributed by atoms with Gasteiger partial charge in [0.1, 0.15) is 5.78 Å². The van der Waals surface area contributed by atoms with Crippen molar-refractivity contribution in [1.82, 2.24) is 0 Å². The Kier molecular flexibility index (Phi) is 3.53. The van der Waals surface area contributed by atoms with Crippen LogP contribution in [0, 0.1) is 5.92 Å². The van der Waals surface area contributed by atoms with Crippen LogP contribution in [-0.4, -0.2) is 16.3 Å². The zero-order chi connectivity index (χ0) is 9.97. The van der Waals surface area contributed by atoms with Crippen LogP contribution < -0.4 is 0 Å². The van der Waals surface area contributed by atoms with Crippen molar-refractivity contribution in [3.63, 3.8) is 0 Å². The van der Waals surface area contributed by atoms with Crippen molar-refractivity contribution in [2.24, 2.45) is 5.92 Å². The molecule has 2 fully saturated rings. The van der Waals surface area contributed by atoms with Crippen LogP contribution in [0.25, 0.3) is 0 Å². The minimum atomic E-state index is 0.281. The molecular formula is C12H20OS. The Hall–Kier alpha value is 0.0200. The van der Waals surface area contributed by atoms with E-state index in [2.05, 4.69) is 6.92 Å². The molecule has 0 N–H and O–H groups in total. The maximum Gasteiger partial charge on any atom is 0.146 e. The minimum Gasteiger partial charge on any atom is -0.298 e. The van der Waals surface area contributed by atoms with Crippen LogP contribution in [-0.2, 0) is 4.79 Å². The summed E-state index contributed by atoms with van der Waals surface area (Å²) in [7, 11) is 0. The molecule has 1 saturated heterocycles. The van der Waals surface area contributed by atoms with Gasteiger partial charge in [-0.05, 0) is 19.3 Å². The molecule has 0 spiro atoms. The molecule has 1 aliphatic heterocycles. The van der Waals surface area contributed by atoms with Crippen molar-refractivity contribution in [3.05, 3.63) is 0 Å². The predicted molar refractivity (Wildman–Crippen MR) is 61.7 cm³/mol. The van der Waals surface area contributed by atoms with E-state index in [1.165, 1.54) is 38.5 Å². The summed E-state index contributed by atoms with van der Waals surface area (Å²) in [5, 5.41) is 0.934. The summed E-state index contributed by atoms with van der Waals surface area (Å²) in [6.45, 7) is 2.06. The van der Waals surface area contributed by atoms with Crippen LogP contribution >= 0.6 is 11.8 Å². The molecule has 14 heavy (non-hydrogen) atoms. The maximum absolute atomic E-state index is 11.4. The molecule has 2 atom stereocenters. The van der Waals surface area contributed by atoms with Crippen LogP contribution in [0.5, 0.6) is 0 Å². The van der Waals surface area contributed by atoms with Gasteiger partial charge >= 0.3 is 0 Å². The summed E-state index contributed by atoms with van der Waals surface area (Å²) >= 11 is 1.92. The lowest BCUT2D eigenvalue weighted by Gasteiger charge is -2.23. The molecule has 1 heterocycles. The number of thioether (sulfide) groups is 1.